The highest BCUT2D eigenvalue weighted by atomic mass is 19.4. The van der Waals surface area contributed by atoms with Gasteiger partial charge in [0.25, 0.3) is 0 Å². The molecule has 22 heavy (non-hydrogen) atoms. The fourth-order valence-electron chi connectivity index (χ4n) is 2.93. The van der Waals surface area contributed by atoms with Crippen LogP contribution in [0.1, 0.15) is 32.1 Å². The van der Waals surface area contributed by atoms with Crippen molar-refractivity contribution in [3.8, 4) is 6.07 Å². The first-order chi connectivity index (χ1) is 10.3. The highest BCUT2D eigenvalue weighted by Crippen LogP contribution is 2.29. The van der Waals surface area contributed by atoms with Crippen LogP contribution in [0, 0.1) is 23.2 Å². The van der Waals surface area contributed by atoms with Gasteiger partial charge in [0, 0.05) is 13.0 Å². The standard InChI is InChI=1S/C14H17F3N2O3/c15-14(16,17)8-19-7-10(5-12(19)20)13(21)22-11-4-2-1-3-9(11)6-18/h9-11H,1-5,7-8H2/t9-,10+,11+/m0/s1. The molecular weight excluding hydrogens is 301 g/mol. The number of carbonyl (C=O) groups excluding carboxylic acids is 2. The number of halogens is 3. The van der Waals surface area contributed by atoms with Crippen LogP contribution in [0.4, 0.5) is 13.2 Å². The quantitative estimate of drug-likeness (QED) is 0.747. The third-order valence-corrected chi connectivity index (χ3v) is 4.05. The molecule has 1 saturated heterocycles. The van der Waals surface area contributed by atoms with E-state index in [9.17, 15) is 22.8 Å². The number of nitriles is 1. The predicted octanol–water partition coefficient (Wildman–Crippen LogP) is 2.02. The van der Waals surface area contributed by atoms with Gasteiger partial charge >= 0.3 is 12.1 Å². The zero-order chi connectivity index (χ0) is 16.3. The summed E-state index contributed by atoms with van der Waals surface area (Å²) in [4.78, 5) is 24.2. The van der Waals surface area contributed by atoms with Crippen LogP contribution in [-0.2, 0) is 14.3 Å². The number of esters is 1. The molecule has 0 N–H and O–H groups in total. The normalized spacial score (nSPS) is 29.3. The fraction of sp³-hybridized carbons (Fsp3) is 0.786. The Labute approximate surface area is 126 Å². The Morgan fingerprint density at radius 1 is 1.36 bits per heavy atom. The molecule has 1 saturated carbocycles. The van der Waals surface area contributed by atoms with E-state index in [2.05, 4.69) is 6.07 Å². The molecule has 0 unspecified atom stereocenters. The van der Waals surface area contributed by atoms with Gasteiger partial charge in [-0.05, 0) is 19.3 Å². The molecule has 2 rings (SSSR count). The molecule has 2 fully saturated rings. The van der Waals surface area contributed by atoms with Crippen LogP contribution < -0.4 is 0 Å². The molecule has 5 nitrogen and oxygen atoms in total. The van der Waals surface area contributed by atoms with Crippen molar-refractivity contribution < 1.29 is 27.5 Å². The van der Waals surface area contributed by atoms with E-state index in [0.29, 0.717) is 17.7 Å². The zero-order valence-electron chi connectivity index (χ0n) is 11.9. The Balaban J connectivity index is 1.91. The number of likely N-dealkylation sites (tertiary alicyclic amines) is 1. The van der Waals surface area contributed by atoms with Gasteiger partial charge in [0.15, 0.2) is 0 Å². The highest BCUT2D eigenvalue weighted by molar-refractivity contribution is 5.86. The monoisotopic (exact) mass is 318 g/mol. The van der Waals surface area contributed by atoms with Crippen LogP contribution in [-0.4, -0.2) is 42.1 Å². The molecule has 1 aliphatic carbocycles. The summed E-state index contributed by atoms with van der Waals surface area (Å²) in [5, 5.41) is 9.02. The summed E-state index contributed by atoms with van der Waals surface area (Å²) in [7, 11) is 0. The summed E-state index contributed by atoms with van der Waals surface area (Å²) in [6.45, 7) is -1.62. The van der Waals surface area contributed by atoms with Crippen molar-refractivity contribution in [3.63, 3.8) is 0 Å². The lowest BCUT2D eigenvalue weighted by atomic mass is 9.87. The molecule has 3 atom stereocenters. The number of ether oxygens (including phenoxy) is 1. The molecule has 0 radical (unpaired) electrons. The molecule has 1 aliphatic heterocycles. The maximum Gasteiger partial charge on any atom is 0.406 e. The third kappa shape index (κ3) is 4.12. The maximum atomic E-state index is 12.3. The first-order valence-electron chi connectivity index (χ1n) is 7.25. The summed E-state index contributed by atoms with van der Waals surface area (Å²) >= 11 is 0. The fourth-order valence-corrected chi connectivity index (χ4v) is 2.93. The Hall–Kier alpha value is -1.78. The van der Waals surface area contributed by atoms with E-state index in [4.69, 9.17) is 10.00 Å². The Morgan fingerprint density at radius 3 is 2.68 bits per heavy atom. The Bertz CT molecular complexity index is 487. The molecule has 0 aromatic rings. The van der Waals surface area contributed by atoms with Gasteiger partial charge in [0.2, 0.25) is 5.91 Å². The van der Waals surface area contributed by atoms with Crippen molar-refractivity contribution in [2.24, 2.45) is 11.8 Å². The number of nitrogens with zero attached hydrogens (tertiary/aromatic N) is 2. The molecule has 2 aliphatic rings. The second-order valence-corrected chi connectivity index (χ2v) is 5.79. The number of alkyl halides is 3. The van der Waals surface area contributed by atoms with E-state index in [1.807, 2.05) is 0 Å². The van der Waals surface area contributed by atoms with Crippen LogP contribution in [0.2, 0.25) is 0 Å². The molecule has 0 aromatic carbocycles. The summed E-state index contributed by atoms with van der Waals surface area (Å²) in [5.41, 5.74) is 0. The topological polar surface area (TPSA) is 70.4 Å². The third-order valence-electron chi connectivity index (χ3n) is 4.05. The lowest BCUT2D eigenvalue weighted by Gasteiger charge is -2.27. The molecule has 0 bridgehead atoms. The van der Waals surface area contributed by atoms with E-state index < -0.39 is 36.6 Å². The van der Waals surface area contributed by atoms with E-state index in [-0.39, 0.29) is 18.9 Å². The summed E-state index contributed by atoms with van der Waals surface area (Å²) < 4.78 is 42.3. The van der Waals surface area contributed by atoms with Gasteiger partial charge in [-0.3, -0.25) is 9.59 Å². The minimum absolute atomic E-state index is 0.265. The Morgan fingerprint density at radius 2 is 2.05 bits per heavy atom. The number of rotatable bonds is 3. The van der Waals surface area contributed by atoms with Crippen LogP contribution in [0.3, 0.4) is 0 Å². The van der Waals surface area contributed by atoms with E-state index in [1.165, 1.54) is 0 Å². The van der Waals surface area contributed by atoms with Crippen molar-refractivity contribution in [1.29, 1.82) is 5.26 Å². The molecule has 122 valence electrons. The van der Waals surface area contributed by atoms with Crippen molar-refractivity contribution in [2.75, 3.05) is 13.1 Å². The van der Waals surface area contributed by atoms with Crippen molar-refractivity contribution in [2.45, 2.75) is 44.4 Å². The first kappa shape index (κ1) is 16.6. The highest BCUT2D eigenvalue weighted by Gasteiger charge is 2.42. The lowest BCUT2D eigenvalue weighted by Crippen LogP contribution is -2.36. The number of carbonyl (C=O) groups is 2. The second-order valence-electron chi connectivity index (χ2n) is 5.79. The van der Waals surface area contributed by atoms with Crippen LogP contribution in [0.5, 0.6) is 0 Å². The van der Waals surface area contributed by atoms with E-state index in [1.54, 1.807) is 0 Å². The van der Waals surface area contributed by atoms with Crippen molar-refractivity contribution in [1.82, 2.24) is 4.90 Å². The summed E-state index contributed by atoms with van der Waals surface area (Å²) in [6.07, 6.45) is -2.29. The molecule has 1 amide bonds. The van der Waals surface area contributed by atoms with E-state index >= 15 is 0 Å². The van der Waals surface area contributed by atoms with Gasteiger partial charge in [0.05, 0.1) is 17.9 Å². The average Bonchev–Trinajstić information content (AvgIpc) is 2.79. The van der Waals surface area contributed by atoms with Crippen LogP contribution >= 0.6 is 0 Å². The summed E-state index contributed by atoms with van der Waals surface area (Å²) in [5.74, 6) is -2.62. The largest absolute Gasteiger partial charge is 0.461 e. The second kappa shape index (κ2) is 6.55. The molecule has 1 heterocycles. The van der Waals surface area contributed by atoms with Gasteiger partial charge in [-0.25, -0.2) is 0 Å². The van der Waals surface area contributed by atoms with Crippen LogP contribution in [0.25, 0.3) is 0 Å². The number of hydrogen-bond donors (Lipinski definition) is 0. The predicted molar refractivity (Wildman–Crippen MR) is 68.2 cm³/mol. The van der Waals surface area contributed by atoms with Crippen molar-refractivity contribution in [3.05, 3.63) is 0 Å². The Kier molecular flexibility index (Phi) is 4.94. The number of amides is 1. The molecule has 0 spiro atoms. The van der Waals surface area contributed by atoms with Gasteiger partial charge < -0.3 is 9.64 Å². The van der Waals surface area contributed by atoms with Crippen molar-refractivity contribution >= 4 is 11.9 Å². The molecule has 8 heteroatoms. The zero-order valence-corrected chi connectivity index (χ0v) is 11.9. The van der Waals surface area contributed by atoms with Gasteiger partial charge in [-0.15, -0.1) is 0 Å². The minimum atomic E-state index is -4.48. The lowest BCUT2D eigenvalue weighted by molar-refractivity contribution is -0.160. The van der Waals surface area contributed by atoms with Gasteiger partial charge in [-0.1, -0.05) is 6.42 Å². The van der Waals surface area contributed by atoms with Gasteiger partial charge in [-0.2, -0.15) is 18.4 Å². The first-order valence-corrected chi connectivity index (χ1v) is 7.25. The number of hydrogen-bond acceptors (Lipinski definition) is 4. The van der Waals surface area contributed by atoms with Crippen LogP contribution in [0.15, 0.2) is 0 Å². The minimum Gasteiger partial charge on any atom is -0.461 e. The molecular formula is C14H17F3N2O3. The van der Waals surface area contributed by atoms with E-state index in [0.717, 1.165) is 12.8 Å². The summed E-state index contributed by atoms with van der Waals surface area (Å²) in [6, 6.07) is 2.10. The SMILES string of the molecule is N#C[C@@H]1CCCC[C@H]1OC(=O)[C@@H]1CC(=O)N(CC(F)(F)F)C1. The maximum absolute atomic E-state index is 12.3. The molecule has 0 aromatic heterocycles. The van der Waals surface area contributed by atoms with Gasteiger partial charge in [0.1, 0.15) is 12.6 Å². The average molecular weight is 318 g/mol. The smallest absolute Gasteiger partial charge is 0.406 e.